The number of hydrogen-bond donors (Lipinski definition) is 1. The van der Waals surface area contributed by atoms with Gasteiger partial charge in [0.1, 0.15) is 0 Å². The average molecular weight is 266 g/mol. The normalized spacial score (nSPS) is 13.2. The maximum Gasteiger partial charge on any atom is 0.0632 e. The van der Waals surface area contributed by atoms with E-state index in [1.54, 1.807) is 0 Å². The molecule has 0 bridgehead atoms. The Morgan fingerprint density at radius 3 is 2.16 bits per heavy atom. The van der Waals surface area contributed by atoms with Crippen molar-refractivity contribution in [2.24, 2.45) is 12.8 Å². The van der Waals surface area contributed by atoms with Crippen molar-refractivity contribution in [3.05, 3.63) is 17.0 Å². The van der Waals surface area contributed by atoms with Gasteiger partial charge < -0.3 is 10.6 Å². The fourth-order valence-corrected chi connectivity index (χ4v) is 2.90. The van der Waals surface area contributed by atoms with Crippen molar-refractivity contribution in [3.8, 4) is 0 Å². The molecule has 1 aromatic rings. The molecule has 0 aliphatic rings. The summed E-state index contributed by atoms with van der Waals surface area (Å²) < 4.78 is 1.97. The first-order valence-electron chi connectivity index (χ1n) is 7.47. The second-order valence-electron chi connectivity index (χ2n) is 5.44. The van der Waals surface area contributed by atoms with Gasteiger partial charge in [-0.1, -0.05) is 13.8 Å². The van der Waals surface area contributed by atoms with Crippen LogP contribution in [0, 0.1) is 13.8 Å². The van der Waals surface area contributed by atoms with E-state index in [0.29, 0.717) is 12.5 Å². The number of aryl methyl sites for hydroxylation is 2. The molecule has 4 nitrogen and oxygen atoms in total. The van der Waals surface area contributed by atoms with E-state index >= 15 is 0 Å². The summed E-state index contributed by atoms with van der Waals surface area (Å²) in [5.74, 6) is 0.395. The zero-order valence-electron chi connectivity index (χ0n) is 13.2. The smallest absolute Gasteiger partial charge is 0.0632 e. The standard InChI is InChI=1S/C15H30N4/c1-6-8-19(9-7-2)11-14(10-16)15-12(3)17-18(5)13(15)4/h14H,6-11,16H2,1-5H3. The van der Waals surface area contributed by atoms with Gasteiger partial charge in [-0.3, -0.25) is 4.68 Å². The minimum Gasteiger partial charge on any atom is -0.330 e. The molecular formula is C15H30N4. The molecule has 0 aliphatic carbocycles. The molecule has 0 aliphatic heterocycles. The zero-order chi connectivity index (χ0) is 14.4. The van der Waals surface area contributed by atoms with Crippen molar-refractivity contribution >= 4 is 0 Å². The Morgan fingerprint density at radius 1 is 1.21 bits per heavy atom. The van der Waals surface area contributed by atoms with Gasteiger partial charge in [0.05, 0.1) is 5.69 Å². The monoisotopic (exact) mass is 266 g/mol. The first kappa shape index (κ1) is 16.2. The molecular weight excluding hydrogens is 236 g/mol. The quantitative estimate of drug-likeness (QED) is 0.784. The molecule has 0 aromatic carbocycles. The molecule has 1 heterocycles. The number of hydrogen-bond acceptors (Lipinski definition) is 3. The van der Waals surface area contributed by atoms with E-state index in [1.807, 2.05) is 11.7 Å². The van der Waals surface area contributed by atoms with E-state index in [1.165, 1.54) is 24.1 Å². The molecule has 1 atom stereocenters. The summed E-state index contributed by atoms with van der Waals surface area (Å²) in [6.45, 7) is 12.8. The fourth-order valence-electron chi connectivity index (χ4n) is 2.90. The Bertz CT molecular complexity index is 378. The van der Waals surface area contributed by atoms with Crippen LogP contribution in [-0.2, 0) is 7.05 Å². The molecule has 1 unspecified atom stereocenters. The first-order valence-corrected chi connectivity index (χ1v) is 7.47. The van der Waals surface area contributed by atoms with Crippen LogP contribution < -0.4 is 5.73 Å². The molecule has 0 saturated carbocycles. The third-order valence-electron chi connectivity index (χ3n) is 3.82. The van der Waals surface area contributed by atoms with Gasteiger partial charge in [-0.25, -0.2) is 0 Å². The highest BCUT2D eigenvalue weighted by Gasteiger charge is 2.21. The van der Waals surface area contributed by atoms with Crippen LogP contribution in [0.25, 0.3) is 0 Å². The maximum atomic E-state index is 6.03. The minimum atomic E-state index is 0.395. The van der Waals surface area contributed by atoms with Gasteiger partial charge in [-0.05, 0) is 39.8 Å². The third-order valence-corrected chi connectivity index (χ3v) is 3.82. The molecule has 110 valence electrons. The first-order chi connectivity index (χ1) is 9.04. The number of nitrogens with zero attached hydrogens (tertiary/aromatic N) is 3. The van der Waals surface area contributed by atoms with E-state index in [4.69, 9.17) is 5.73 Å². The summed E-state index contributed by atoms with van der Waals surface area (Å²) in [6.07, 6.45) is 2.39. The van der Waals surface area contributed by atoms with Crippen molar-refractivity contribution in [2.75, 3.05) is 26.2 Å². The van der Waals surface area contributed by atoms with Crippen molar-refractivity contribution in [1.29, 1.82) is 0 Å². The van der Waals surface area contributed by atoms with E-state index < -0.39 is 0 Å². The summed E-state index contributed by atoms with van der Waals surface area (Å²) in [5, 5.41) is 4.52. The zero-order valence-corrected chi connectivity index (χ0v) is 13.2. The van der Waals surface area contributed by atoms with Gasteiger partial charge >= 0.3 is 0 Å². The molecule has 0 saturated heterocycles. The minimum absolute atomic E-state index is 0.395. The number of nitrogens with two attached hydrogens (primary N) is 1. The lowest BCUT2D eigenvalue weighted by Gasteiger charge is -2.26. The van der Waals surface area contributed by atoms with Crippen LogP contribution in [0.2, 0.25) is 0 Å². The Balaban J connectivity index is 2.87. The molecule has 1 aromatic heterocycles. The van der Waals surface area contributed by atoms with Crippen LogP contribution in [0.4, 0.5) is 0 Å². The number of rotatable bonds is 8. The van der Waals surface area contributed by atoms with Crippen LogP contribution in [0.3, 0.4) is 0 Å². The Morgan fingerprint density at radius 2 is 1.79 bits per heavy atom. The number of aromatic nitrogens is 2. The van der Waals surface area contributed by atoms with Crippen LogP contribution in [0.5, 0.6) is 0 Å². The summed E-state index contributed by atoms with van der Waals surface area (Å²) >= 11 is 0. The van der Waals surface area contributed by atoms with Gasteiger partial charge in [0.25, 0.3) is 0 Å². The highest BCUT2D eigenvalue weighted by Crippen LogP contribution is 2.23. The predicted molar refractivity (Wildman–Crippen MR) is 81.5 cm³/mol. The van der Waals surface area contributed by atoms with Gasteiger partial charge in [0.2, 0.25) is 0 Å². The average Bonchev–Trinajstić information content (AvgIpc) is 2.61. The van der Waals surface area contributed by atoms with E-state index in [-0.39, 0.29) is 0 Å². The lowest BCUT2D eigenvalue weighted by atomic mass is 9.96. The Kier molecular flexibility index (Phi) is 6.52. The van der Waals surface area contributed by atoms with E-state index in [0.717, 1.165) is 25.3 Å². The van der Waals surface area contributed by atoms with Crippen LogP contribution >= 0.6 is 0 Å². The summed E-state index contributed by atoms with van der Waals surface area (Å²) in [7, 11) is 2.01. The largest absolute Gasteiger partial charge is 0.330 e. The van der Waals surface area contributed by atoms with Crippen molar-refractivity contribution < 1.29 is 0 Å². The highest BCUT2D eigenvalue weighted by molar-refractivity contribution is 5.29. The summed E-state index contributed by atoms with van der Waals surface area (Å²) in [5.41, 5.74) is 9.76. The molecule has 0 radical (unpaired) electrons. The summed E-state index contributed by atoms with van der Waals surface area (Å²) in [4.78, 5) is 2.53. The summed E-state index contributed by atoms with van der Waals surface area (Å²) in [6, 6.07) is 0. The van der Waals surface area contributed by atoms with Crippen molar-refractivity contribution in [2.45, 2.75) is 46.5 Å². The van der Waals surface area contributed by atoms with Crippen molar-refractivity contribution in [3.63, 3.8) is 0 Å². The van der Waals surface area contributed by atoms with Crippen molar-refractivity contribution in [1.82, 2.24) is 14.7 Å². The molecule has 1 rings (SSSR count). The topological polar surface area (TPSA) is 47.1 Å². The molecule has 0 spiro atoms. The van der Waals surface area contributed by atoms with Gasteiger partial charge in [0, 0.05) is 37.3 Å². The Labute approximate surface area is 118 Å². The van der Waals surface area contributed by atoms with Crippen LogP contribution in [-0.4, -0.2) is 40.9 Å². The second-order valence-corrected chi connectivity index (χ2v) is 5.44. The molecule has 4 heteroatoms. The van der Waals surface area contributed by atoms with Gasteiger partial charge in [-0.15, -0.1) is 0 Å². The maximum absolute atomic E-state index is 6.03. The predicted octanol–water partition coefficient (Wildman–Crippen LogP) is 2.20. The highest BCUT2D eigenvalue weighted by atomic mass is 15.3. The van der Waals surface area contributed by atoms with Gasteiger partial charge in [-0.2, -0.15) is 5.10 Å². The molecule has 0 amide bonds. The van der Waals surface area contributed by atoms with Crippen LogP contribution in [0.15, 0.2) is 0 Å². The fraction of sp³-hybridized carbons (Fsp3) is 0.800. The third kappa shape index (κ3) is 4.05. The van der Waals surface area contributed by atoms with E-state index in [9.17, 15) is 0 Å². The van der Waals surface area contributed by atoms with E-state index in [2.05, 4.69) is 37.7 Å². The Hall–Kier alpha value is -0.870. The lowest BCUT2D eigenvalue weighted by Crippen LogP contribution is -2.33. The SMILES string of the molecule is CCCN(CCC)CC(CN)c1c(C)nn(C)c1C. The molecule has 19 heavy (non-hydrogen) atoms. The lowest BCUT2D eigenvalue weighted by molar-refractivity contribution is 0.258. The second kappa shape index (κ2) is 7.65. The molecule has 0 fully saturated rings. The van der Waals surface area contributed by atoms with Crippen LogP contribution in [0.1, 0.15) is 49.6 Å². The van der Waals surface area contributed by atoms with Gasteiger partial charge in [0.15, 0.2) is 0 Å². The molecule has 2 N–H and O–H groups in total.